The summed E-state index contributed by atoms with van der Waals surface area (Å²) < 4.78 is 16.5. The van der Waals surface area contributed by atoms with Crippen molar-refractivity contribution >= 4 is 28.6 Å². The molecule has 1 aliphatic heterocycles. The van der Waals surface area contributed by atoms with Gasteiger partial charge in [0.1, 0.15) is 25.9 Å². The van der Waals surface area contributed by atoms with Gasteiger partial charge in [-0.15, -0.1) is 0 Å². The average Bonchev–Trinajstić information content (AvgIpc) is 3.30. The zero-order valence-corrected chi connectivity index (χ0v) is 19.0. The van der Waals surface area contributed by atoms with Crippen molar-refractivity contribution < 1.29 is 23.8 Å². The van der Waals surface area contributed by atoms with Crippen LogP contribution in [0.4, 0.5) is 10.5 Å². The van der Waals surface area contributed by atoms with Crippen LogP contribution in [0.15, 0.2) is 79.0 Å². The van der Waals surface area contributed by atoms with E-state index in [-0.39, 0.29) is 18.9 Å². The molecule has 0 aliphatic carbocycles. The van der Waals surface area contributed by atoms with Crippen LogP contribution in [0.25, 0.3) is 10.9 Å². The van der Waals surface area contributed by atoms with Gasteiger partial charge in [-0.3, -0.25) is 4.79 Å². The molecule has 178 valence electrons. The molecule has 0 unspecified atom stereocenters. The molecular weight excluding hydrogens is 446 g/mol. The Kier molecular flexibility index (Phi) is 6.52. The van der Waals surface area contributed by atoms with Crippen molar-refractivity contribution in [3.63, 3.8) is 0 Å². The third-order valence-corrected chi connectivity index (χ3v) is 5.73. The number of hydrogen-bond acceptors (Lipinski definition) is 5. The Labute approximate surface area is 202 Å². The lowest BCUT2D eigenvalue weighted by atomic mass is 10.0. The van der Waals surface area contributed by atoms with Crippen LogP contribution in [0.3, 0.4) is 0 Å². The summed E-state index contributed by atoms with van der Waals surface area (Å²) in [5.74, 6) is 0.827. The first-order chi connectivity index (χ1) is 17.2. The number of aromatic amines is 1. The SMILES string of the molecule is O=C(N[C@H](Cc1c[nH]c2ccccc12)C(=O)Nc1ccc2c(c1)OCCO2)OCc1ccccc1. The minimum atomic E-state index is -0.870. The zero-order valence-electron chi connectivity index (χ0n) is 19.0. The largest absolute Gasteiger partial charge is 0.486 e. The number of aromatic nitrogens is 1. The number of anilines is 1. The van der Waals surface area contributed by atoms with Crippen LogP contribution < -0.4 is 20.1 Å². The number of carbonyl (C=O) groups excluding carboxylic acids is 2. The molecule has 0 spiro atoms. The van der Waals surface area contributed by atoms with Gasteiger partial charge in [0.05, 0.1) is 0 Å². The van der Waals surface area contributed by atoms with Gasteiger partial charge < -0.3 is 29.8 Å². The summed E-state index contributed by atoms with van der Waals surface area (Å²) in [4.78, 5) is 29.1. The Morgan fingerprint density at radius 3 is 2.57 bits per heavy atom. The van der Waals surface area contributed by atoms with Crippen LogP contribution in [0.5, 0.6) is 11.5 Å². The van der Waals surface area contributed by atoms with E-state index in [2.05, 4.69) is 15.6 Å². The van der Waals surface area contributed by atoms with E-state index in [9.17, 15) is 9.59 Å². The fourth-order valence-corrected chi connectivity index (χ4v) is 3.99. The quantitative estimate of drug-likeness (QED) is 0.371. The maximum atomic E-state index is 13.3. The number of rotatable bonds is 7. The van der Waals surface area contributed by atoms with E-state index in [0.29, 0.717) is 30.4 Å². The molecule has 1 aromatic heterocycles. The molecule has 3 N–H and O–H groups in total. The summed E-state index contributed by atoms with van der Waals surface area (Å²) in [5, 5.41) is 6.60. The van der Waals surface area contributed by atoms with Gasteiger partial charge in [-0.05, 0) is 29.3 Å². The fraction of sp³-hybridized carbons (Fsp3) is 0.185. The lowest BCUT2D eigenvalue weighted by Crippen LogP contribution is -2.45. The number of benzene rings is 3. The number of para-hydroxylation sites is 1. The maximum Gasteiger partial charge on any atom is 0.408 e. The summed E-state index contributed by atoms with van der Waals surface area (Å²) >= 11 is 0. The Hall–Kier alpha value is -4.46. The third kappa shape index (κ3) is 5.38. The summed E-state index contributed by atoms with van der Waals surface area (Å²) in [5.41, 5.74) is 3.27. The molecule has 3 aromatic carbocycles. The number of H-pyrrole nitrogens is 1. The van der Waals surface area contributed by atoms with Crippen LogP contribution >= 0.6 is 0 Å². The van der Waals surface area contributed by atoms with Crippen LogP contribution in [-0.2, 0) is 22.6 Å². The predicted octanol–water partition coefficient (Wildman–Crippen LogP) is 4.42. The molecule has 8 heteroatoms. The van der Waals surface area contributed by atoms with Crippen molar-refractivity contribution in [1.82, 2.24) is 10.3 Å². The summed E-state index contributed by atoms with van der Waals surface area (Å²) in [6, 6.07) is 21.5. The van der Waals surface area contributed by atoms with Crippen molar-refractivity contribution in [2.24, 2.45) is 0 Å². The molecule has 0 saturated carbocycles. The lowest BCUT2D eigenvalue weighted by Gasteiger charge is -2.21. The van der Waals surface area contributed by atoms with Crippen LogP contribution in [-0.4, -0.2) is 36.2 Å². The van der Waals surface area contributed by atoms with Gasteiger partial charge >= 0.3 is 6.09 Å². The number of amides is 2. The number of alkyl carbamates (subject to hydrolysis) is 1. The average molecular weight is 472 g/mol. The molecule has 4 aromatic rings. The van der Waals surface area contributed by atoms with Gasteiger partial charge in [0.15, 0.2) is 11.5 Å². The minimum absolute atomic E-state index is 0.107. The molecule has 1 atom stereocenters. The Balaban J connectivity index is 1.32. The number of ether oxygens (including phenoxy) is 3. The van der Waals surface area contributed by atoms with E-state index < -0.39 is 12.1 Å². The molecule has 0 fully saturated rings. The normalized spacial score (nSPS) is 13.1. The van der Waals surface area contributed by atoms with Crippen molar-refractivity contribution in [2.75, 3.05) is 18.5 Å². The Morgan fingerprint density at radius 1 is 0.943 bits per heavy atom. The van der Waals surface area contributed by atoms with Gasteiger partial charge in [-0.2, -0.15) is 0 Å². The fourth-order valence-electron chi connectivity index (χ4n) is 3.99. The van der Waals surface area contributed by atoms with E-state index >= 15 is 0 Å². The monoisotopic (exact) mass is 471 g/mol. The topological polar surface area (TPSA) is 102 Å². The van der Waals surface area contributed by atoms with E-state index in [1.165, 1.54) is 0 Å². The highest BCUT2D eigenvalue weighted by molar-refractivity contribution is 5.97. The molecular formula is C27H25N3O5. The Bertz CT molecular complexity index is 1340. The highest BCUT2D eigenvalue weighted by atomic mass is 16.6. The molecule has 5 rings (SSSR count). The van der Waals surface area contributed by atoms with Gasteiger partial charge in [0.2, 0.25) is 5.91 Å². The highest BCUT2D eigenvalue weighted by Gasteiger charge is 2.24. The van der Waals surface area contributed by atoms with Gasteiger partial charge in [-0.1, -0.05) is 48.5 Å². The van der Waals surface area contributed by atoms with Crippen molar-refractivity contribution in [3.05, 3.63) is 90.1 Å². The molecule has 0 saturated heterocycles. The first kappa shape index (κ1) is 22.3. The molecule has 2 heterocycles. The zero-order chi connectivity index (χ0) is 24.0. The van der Waals surface area contributed by atoms with Crippen LogP contribution in [0.1, 0.15) is 11.1 Å². The first-order valence-corrected chi connectivity index (χ1v) is 11.4. The molecule has 0 radical (unpaired) electrons. The van der Waals surface area contributed by atoms with Gasteiger partial charge in [0.25, 0.3) is 0 Å². The van der Waals surface area contributed by atoms with Crippen LogP contribution in [0, 0.1) is 0 Å². The smallest absolute Gasteiger partial charge is 0.408 e. The molecule has 2 amide bonds. The van der Waals surface area contributed by atoms with E-state index in [4.69, 9.17) is 14.2 Å². The second-order valence-corrected chi connectivity index (χ2v) is 8.17. The maximum absolute atomic E-state index is 13.3. The summed E-state index contributed by atoms with van der Waals surface area (Å²) in [7, 11) is 0. The third-order valence-electron chi connectivity index (χ3n) is 5.73. The van der Waals surface area contributed by atoms with Crippen molar-refractivity contribution in [2.45, 2.75) is 19.1 Å². The molecule has 35 heavy (non-hydrogen) atoms. The number of hydrogen-bond donors (Lipinski definition) is 3. The Morgan fingerprint density at radius 2 is 1.71 bits per heavy atom. The van der Waals surface area contributed by atoms with E-state index in [1.54, 1.807) is 18.2 Å². The van der Waals surface area contributed by atoms with Crippen molar-refractivity contribution in [3.8, 4) is 11.5 Å². The number of carbonyl (C=O) groups is 2. The second-order valence-electron chi connectivity index (χ2n) is 8.17. The standard InChI is InChI=1S/C27H25N3O5/c31-26(29-20-10-11-24-25(15-20)34-13-12-33-24)23(14-19-16-28-22-9-5-4-8-21(19)22)30-27(32)35-17-18-6-2-1-3-7-18/h1-11,15-16,23,28H,12-14,17H2,(H,29,31)(H,30,32)/t23-/m1/s1. The van der Waals surface area contributed by atoms with Gasteiger partial charge in [-0.25, -0.2) is 4.79 Å². The minimum Gasteiger partial charge on any atom is -0.486 e. The summed E-state index contributed by atoms with van der Waals surface area (Å²) in [6.45, 7) is 1.04. The number of fused-ring (bicyclic) bond motifs is 2. The highest BCUT2D eigenvalue weighted by Crippen LogP contribution is 2.32. The van der Waals surface area contributed by atoms with E-state index in [1.807, 2.05) is 60.8 Å². The van der Waals surface area contributed by atoms with Crippen LogP contribution in [0.2, 0.25) is 0 Å². The summed E-state index contributed by atoms with van der Waals surface area (Å²) in [6.07, 6.45) is 1.46. The molecule has 0 bridgehead atoms. The lowest BCUT2D eigenvalue weighted by molar-refractivity contribution is -0.118. The van der Waals surface area contributed by atoms with Crippen molar-refractivity contribution in [1.29, 1.82) is 0 Å². The first-order valence-electron chi connectivity index (χ1n) is 11.4. The second kappa shape index (κ2) is 10.2. The molecule has 8 nitrogen and oxygen atoms in total. The van der Waals surface area contributed by atoms with E-state index in [0.717, 1.165) is 22.0 Å². The number of nitrogens with one attached hydrogen (secondary N) is 3. The predicted molar refractivity (Wildman–Crippen MR) is 132 cm³/mol. The molecule has 1 aliphatic rings. The van der Waals surface area contributed by atoms with Gasteiger partial charge in [0, 0.05) is 35.3 Å².